The molecule has 0 unspecified atom stereocenters. The van der Waals surface area contributed by atoms with Gasteiger partial charge in [0, 0.05) is 5.56 Å². The molecule has 120 valence electrons. The van der Waals surface area contributed by atoms with Crippen LogP contribution < -0.4 is 0 Å². The highest BCUT2D eigenvalue weighted by Crippen LogP contribution is 2.31. The number of hydrogen-bond donors (Lipinski definition) is 0. The largest absolute Gasteiger partial charge is 0.314 e. The van der Waals surface area contributed by atoms with Gasteiger partial charge in [0.25, 0.3) is 0 Å². The maximum atomic E-state index is 8.86. The smallest absolute Gasteiger partial charge is 0.169 e. The third-order valence-corrected chi connectivity index (χ3v) is 5.08. The molecule has 24 heavy (non-hydrogen) atoms. The van der Waals surface area contributed by atoms with Crippen molar-refractivity contribution in [2.75, 3.05) is 5.75 Å². The summed E-state index contributed by atoms with van der Waals surface area (Å²) in [5, 5.41) is 10.7. The molecule has 0 amide bonds. The van der Waals surface area contributed by atoms with Gasteiger partial charge in [-0.25, -0.2) is 4.98 Å². The molecule has 0 atom stereocenters. The molecule has 0 radical (unpaired) electrons. The Morgan fingerprint density at radius 1 is 1.08 bits per heavy atom. The number of imidazole rings is 1. The van der Waals surface area contributed by atoms with E-state index >= 15 is 0 Å². The van der Waals surface area contributed by atoms with E-state index in [0.29, 0.717) is 22.3 Å². The van der Waals surface area contributed by atoms with Crippen LogP contribution in [0, 0.1) is 11.3 Å². The fraction of sp³-hybridized carbons (Fsp3) is 0.111. The number of aromatic nitrogens is 2. The van der Waals surface area contributed by atoms with E-state index in [1.54, 1.807) is 6.07 Å². The lowest BCUT2D eigenvalue weighted by Gasteiger charge is -2.12. The van der Waals surface area contributed by atoms with E-state index in [9.17, 15) is 0 Å². The normalized spacial score (nSPS) is 10.5. The van der Waals surface area contributed by atoms with Gasteiger partial charge in [-0.2, -0.15) is 5.26 Å². The maximum Gasteiger partial charge on any atom is 0.169 e. The zero-order chi connectivity index (χ0) is 16.9. The SMILES string of the molecule is N#CCSc1ncc(-c2ccc(Cl)c(Cl)c2)n1Cc1ccccc1. The zero-order valence-electron chi connectivity index (χ0n) is 12.6. The van der Waals surface area contributed by atoms with Crippen molar-refractivity contribution in [2.45, 2.75) is 11.7 Å². The number of nitrogens with zero attached hydrogens (tertiary/aromatic N) is 3. The predicted octanol–water partition coefficient (Wildman–Crippen LogP) is 5.52. The van der Waals surface area contributed by atoms with Crippen molar-refractivity contribution in [2.24, 2.45) is 0 Å². The van der Waals surface area contributed by atoms with Crippen LogP contribution in [-0.2, 0) is 6.54 Å². The van der Waals surface area contributed by atoms with Crippen LogP contribution in [0.5, 0.6) is 0 Å². The predicted molar refractivity (Wildman–Crippen MR) is 99.6 cm³/mol. The van der Waals surface area contributed by atoms with Crippen molar-refractivity contribution in [1.82, 2.24) is 9.55 Å². The number of hydrogen-bond acceptors (Lipinski definition) is 3. The topological polar surface area (TPSA) is 41.6 Å². The van der Waals surface area contributed by atoms with Crippen LogP contribution in [0.1, 0.15) is 5.56 Å². The van der Waals surface area contributed by atoms with Crippen LogP contribution in [0.3, 0.4) is 0 Å². The third kappa shape index (κ3) is 3.76. The van der Waals surface area contributed by atoms with Crippen LogP contribution in [-0.4, -0.2) is 15.3 Å². The monoisotopic (exact) mass is 373 g/mol. The maximum absolute atomic E-state index is 8.86. The van der Waals surface area contributed by atoms with E-state index in [1.165, 1.54) is 11.8 Å². The highest BCUT2D eigenvalue weighted by atomic mass is 35.5. The second-order valence-corrected chi connectivity index (χ2v) is 6.83. The average Bonchev–Trinajstić information content (AvgIpc) is 2.99. The molecule has 0 N–H and O–H groups in total. The highest BCUT2D eigenvalue weighted by molar-refractivity contribution is 7.99. The first-order valence-corrected chi connectivity index (χ1v) is 8.98. The Balaban J connectivity index is 2.03. The molecule has 0 aliphatic carbocycles. The molecule has 3 nitrogen and oxygen atoms in total. The summed E-state index contributed by atoms with van der Waals surface area (Å²) in [4.78, 5) is 4.48. The molecule has 0 bridgehead atoms. The van der Waals surface area contributed by atoms with E-state index in [-0.39, 0.29) is 0 Å². The first-order valence-electron chi connectivity index (χ1n) is 7.23. The Bertz CT molecular complexity index is 885. The van der Waals surface area contributed by atoms with E-state index in [4.69, 9.17) is 28.5 Å². The molecule has 0 saturated carbocycles. The van der Waals surface area contributed by atoms with Gasteiger partial charge in [0.2, 0.25) is 0 Å². The molecule has 2 aromatic carbocycles. The van der Waals surface area contributed by atoms with Gasteiger partial charge in [-0.3, -0.25) is 0 Å². The fourth-order valence-electron chi connectivity index (χ4n) is 2.38. The molecule has 3 aromatic rings. The minimum absolute atomic E-state index is 0.354. The van der Waals surface area contributed by atoms with Crippen molar-refractivity contribution in [3.8, 4) is 17.3 Å². The molecule has 0 spiro atoms. The summed E-state index contributed by atoms with van der Waals surface area (Å²) in [6.07, 6.45) is 1.81. The van der Waals surface area contributed by atoms with Gasteiger partial charge in [-0.1, -0.05) is 71.4 Å². The lowest BCUT2D eigenvalue weighted by atomic mass is 10.1. The Hall–Kier alpha value is -1.93. The van der Waals surface area contributed by atoms with Crippen molar-refractivity contribution in [3.63, 3.8) is 0 Å². The van der Waals surface area contributed by atoms with Gasteiger partial charge in [0.05, 0.1) is 40.3 Å². The van der Waals surface area contributed by atoms with Crippen molar-refractivity contribution >= 4 is 35.0 Å². The molecule has 1 heterocycles. The number of thioether (sulfide) groups is 1. The van der Waals surface area contributed by atoms with E-state index in [2.05, 4.69) is 27.8 Å². The van der Waals surface area contributed by atoms with Crippen molar-refractivity contribution in [1.29, 1.82) is 5.26 Å². The van der Waals surface area contributed by atoms with Crippen molar-refractivity contribution in [3.05, 3.63) is 70.3 Å². The Labute approximate surface area is 154 Å². The minimum Gasteiger partial charge on any atom is -0.314 e. The lowest BCUT2D eigenvalue weighted by molar-refractivity contribution is 0.716. The number of halogens is 2. The summed E-state index contributed by atoms with van der Waals surface area (Å²) < 4.78 is 2.09. The first kappa shape index (κ1) is 16.9. The average molecular weight is 374 g/mol. The Morgan fingerprint density at radius 3 is 2.58 bits per heavy atom. The molecule has 3 rings (SSSR count). The van der Waals surface area contributed by atoms with Crippen LogP contribution in [0.2, 0.25) is 10.0 Å². The van der Waals surface area contributed by atoms with E-state index in [0.717, 1.165) is 22.0 Å². The first-order chi connectivity index (χ1) is 11.7. The van der Waals surface area contributed by atoms with Crippen molar-refractivity contribution < 1.29 is 0 Å². The summed E-state index contributed by atoms with van der Waals surface area (Å²) in [6, 6.07) is 17.8. The summed E-state index contributed by atoms with van der Waals surface area (Å²) in [5.41, 5.74) is 3.05. The second kappa shape index (κ2) is 7.76. The standard InChI is InChI=1S/C18H13Cl2N3S/c19-15-7-6-14(10-16(15)20)17-11-22-18(24-9-8-21)23(17)12-13-4-2-1-3-5-13/h1-7,10-11H,9,12H2. The summed E-state index contributed by atoms with van der Waals surface area (Å²) >= 11 is 13.6. The summed E-state index contributed by atoms with van der Waals surface area (Å²) in [6.45, 7) is 0.671. The third-order valence-electron chi connectivity index (χ3n) is 3.48. The molecule has 0 aliphatic rings. The summed E-state index contributed by atoms with van der Waals surface area (Å²) in [5.74, 6) is 0.354. The highest BCUT2D eigenvalue weighted by Gasteiger charge is 2.14. The van der Waals surface area contributed by atoms with Crippen LogP contribution in [0.15, 0.2) is 59.9 Å². The van der Waals surface area contributed by atoms with E-state index in [1.807, 2.05) is 36.5 Å². The Morgan fingerprint density at radius 2 is 1.88 bits per heavy atom. The lowest BCUT2D eigenvalue weighted by Crippen LogP contribution is -2.04. The van der Waals surface area contributed by atoms with Gasteiger partial charge in [-0.05, 0) is 17.7 Å². The molecule has 0 saturated heterocycles. The quantitative estimate of drug-likeness (QED) is 0.552. The summed E-state index contributed by atoms with van der Waals surface area (Å²) in [7, 11) is 0. The van der Waals surface area contributed by atoms with Gasteiger partial charge in [0.1, 0.15) is 0 Å². The van der Waals surface area contributed by atoms with Gasteiger partial charge in [0.15, 0.2) is 5.16 Å². The van der Waals surface area contributed by atoms with Gasteiger partial charge in [-0.15, -0.1) is 0 Å². The Kier molecular flexibility index (Phi) is 5.47. The van der Waals surface area contributed by atoms with Gasteiger partial charge >= 0.3 is 0 Å². The number of benzene rings is 2. The van der Waals surface area contributed by atoms with E-state index < -0.39 is 0 Å². The minimum atomic E-state index is 0.354. The molecule has 0 fully saturated rings. The zero-order valence-corrected chi connectivity index (χ0v) is 14.9. The van der Waals surface area contributed by atoms with Gasteiger partial charge < -0.3 is 4.57 Å². The molecular formula is C18H13Cl2N3S. The van der Waals surface area contributed by atoms with Crippen LogP contribution in [0.25, 0.3) is 11.3 Å². The molecule has 1 aromatic heterocycles. The number of nitriles is 1. The van der Waals surface area contributed by atoms with Crippen LogP contribution >= 0.6 is 35.0 Å². The molecule has 0 aliphatic heterocycles. The molecular weight excluding hydrogens is 361 g/mol. The fourth-order valence-corrected chi connectivity index (χ4v) is 3.31. The second-order valence-electron chi connectivity index (χ2n) is 5.07. The molecule has 6 heteroatoms. The van der Waals surface area contributed by atoms with Crippen LogP contribution in [0.4, 0.5) is 0 Å². The number of rotatable bonds is 5.